The van der Waals surface area contributed by atoms with Gasteiger partial charge in [0.25, 0.3) is 0 Å². The second kappa shape index (κ2) is 8.90. The molecule has 1 N–H and O–H groups in total. The van der Waals surface area contributed by atoms with E-state index in [-0.39, 0.29) is 10.9 Å². The number of amides is 1. The number of anilines is 2. The van der Waals surface area contributed by atoms with Crippen LogP contribution in [0.4, 0.5) is 24.7 Å². The van der Waals surface area contributed by atoms with Gasteiger partial charge in [-0.15, -0.1) is 0 Å². The van der Waals surface area contributed by atoms with Gasteiger partial charge in [0.15, 0.2) is 0 Å². The number of alkyl halides is 3. The number of nitriles is 1. The first-order chi connectivity index (χ1) is 14.2. The lowest BCUT2D eigenvalue weighted by molar-refractivity contribution is -0.137. The van der Waals surface area contributed by atoms with Gasteiger partial charge < -0.3 is 10.2 Å². The Morgan fingerprint density at radius 1 is 1.27 bits per heavy atom. The van der Waals surface area contributed by atoms with Crippen molar-refractivity contribution < 1.29 is 18.0 Å². The number of hydrogen-bond donors (Lipinski definition) is 1. The van der Waals surface area contributed by atoms with E-state index in [4.69, 9.17) is 16.9 Å². The monoisotopic (exact) mass is 437 g/mol. The van der Waals surface area contributed by atoms with E-state index in [1.165, 1.54) is 0 Å². The minimum Gasteiger partial charge on any atom is -0.353 e. The molecule has 1 aromatic carbocycles. The molecule has 1 amide bonds. The molecule has 1 fully saturated rings. The van der Waals surface area contributed by atoms with E-state index in [9.17, 15) is 18.0 Å². The molecule has 0 radical (unpaired) electrons. The SMILES string of the molecule is CC(C(=O)Nc1cccc(C#N)c1)N1CCN(c2ncc(C(F)(F)F)cc2Cl)CC1. The van der Waals surface area contributed by atoms with Gasteiger partial charge >= 0.3 is 6.18 Å². The molecule has 158 valence electrons. The van der Waals surface area contributed by atoms with Crippen LogP contribution in [-0.4, -0.2) is 48.0 Å². The van der Waals surface area contributed by atoms with E-state index < -0.39 is 17.8 Å². The minimum atomic E-state index is -4.50. The zero-order valence-corrected chi connectivity index (χ0v) is 16.8. The molecule has 3 rings (SSSR count). The molecule has 1 saturated heterocycles. The lowest BCUT2D eigenvalue weighted by atomic mass is 10.2. The molecule has 10 heteroatoms. The highest BCUT2D eigenvalue weighted by Crippen LogP contribution is 2.33. The molecular weight excluding hydrogens is 419 g/mol. The predicted molar refractivity (Wildman–Crippen MR) is 107 cm³/mol. The van der Waals surface area contributed by atoms with Crippen LogP contribution in [0.25, 0.3) is 0 Å². The van der Waals surface area contributed by atoms with Crippen molar-refractivity contribution >= 4 is 29.0 Å². The Kier molecular flexibility index (Phi) is 6.48. The molecule has 2 heterocycles. The summed E-state index contributed by atoms with van der Waals surface area (Å²) in [4.78, 5) is 20.2. The highest BCUT2D eigenvalue weighted by molar-refractivity contribution is 6.33. The van der Waals surface area contributed by atoms with Gasteiger partial charge in [-0.25, -0.2) is 4.98 Å². The number of rotatable bonds is 4. The Morgan fingerprint density at radius 3 is 2.57 bits per heavy atom. The molecule has 1 aromatic heterocycles. The smallest absolute Gasteiger partial charge is 0.353 e. The molecule has 6 nitrogen and oxygen atoms in total. The van der Waals surface area contributed by atoms with E-state index in [0.29, 0.717) is 43.2 Å². The molecule has 0 spiro atoms. The molecule has 0 saturated carbocycles. The van der Waals surface area contributed by atoms with Crippen LogP contribution < -0.4 is 10.2 Å². The fourth-order valence-electron chi connectivity index (χ4n) is 3.22. The second-order valence-corrected chi connectivity index (χ2v) is 7.32. The topological polar surface area (TPSA) is 72.3 Å². The number of pyridine rings is 1. The van der Waals surface area contributed by atoms with E-state index in [2.05, 4.69) is 10.3 Å². The van der Waals surface area contributed by atoms with Crippen molar-refractivity contribution in [2.24, 2.45) is 0 Å². The van der Waals surface area contributed by atoms with Crippen LogP contribution in [0, 0.1) is 11.3 Å². The number of carbonyl (C=O) groups excluding carboxylic acids is 1. The van der Waals surface area contributed by atoms with Crippen LogP contribution in [0.5, 0.6) is 0 Å². The van der Waals surface area contributed by atoms with E-state index in [1.807, 2.05) is 11.0 Å². The Labute approximate surface area is 176 Å². The van der Waals surface area contributed by atoms with Gasteiger partial charge in [0, 0.05) is 38.1 Å². The third kappa shape index (κ3) is 5.01. The molecule has 0 aliphatic carbocycles. The van der Waals surface area contributed by atoms with Crippen LogP contribution in [0.1, 0.15) is 18.1 Å². The second-order valence-electron chi connectivity index (χ2n) is 6.91. The van der Waals surface area contributed by atoms with Gasteiger partial charge in [-0.05, 0) is 31.2 Å². The summed E-state index contributed by atoms with van der Waals surface area (Å²) in [5.74, 6) is 0.0963. The summed E-state index contributed by atoms with van der Waals surface area (Å²) < 4.78 is 38.4. The highest BCUT2D eigenvalue weighted by Gasteiger charge is 2.33. The number of aromatic nitrogens is 1. The minimum absolute atomic E-state index is 0.0542. The normalized spacial score (nSPS) is 16.1. The summed E-state index contributed by atoms with van der Waals surface area (Å²) in [6, 6.07) is 9.13. The fourth-order valence-corrected chi connectivity index (χ4v) is 3.50. The average molecular weight is 438 g/mol. The van der Waals surface area contributed by atoms with Crippen LogP contribution in [-0.2, 0) is 11.0 Å². The Morgan fingerprint density at radius 2 is 1.97 bits per heavy atom. The first kappa shape index (κ1) is 21.9. The lowest BCUT2D eigenvalue weighted by Gasteiger charge is -2.38. The van der Waals surface area contributed by atoms with Crippen LogP contribution in [0.15, 0.2) is 36.5 Å². The Hall–Kier alpha value is -2.83. The van der Waals surface area contributed by atoms with Gasteiger partial charge in [0.1, 0.15) is 5.82 Å². The Balaban J connectivity index is 1.59. The standard InChI is InChI=1S/C20H19ClF3N5O/c1-13(19(30)27-16-4-2-3-14(9-16)11-25)28-5-7-29(8-6-28)18-17(21)10-15(12-26-18)20(22,23)24/h2-4,9-10,12-13H,5-8H2,1H3,(H,27,30). The van der Waals surface area contributed by atoms with E-state index >= 15 is 0 Å². The number of nitrogens with one attached hydrogen (secondary N) is 1. The number of nitrogens with zero attached hydrogens (tertiary/aromatic N) is 4. The van der Waals surface area contributed by atoms with Crippen molar-refractivity contribution in [3.8, 4) is 6.07 Å². The molecule has 1 aliphatic heterocycles. The number of benzene rings is 1. The van der Waals surface area contributed by atoms with Crippen molar-refractivity contribution in [1.82, 2.24) is 9.88 Å². The van der Waals surface area contributed by atoms with Crippen molar-refractivity contribution in [3.05, 3.63) is 52.7 Å². The average Bonchev–Trinajstić information content (AvgIpc) is 2.72. The first-order valence-corrected chi connectivity index (χ1v) is 9.59. The van der Waals surface area contributed by atoms with E-state index in [1.54, 1.807) is 36.1 Å². The predicted octanol–water partition coefficient (Wildman–Crippen LogP) is 3.77. The maximum atomic E-state index is 12.8. The van der Waals surface area contributed by atoms with Crippen LogP contribution in [0.3, 0.4) is 0 Å². The fraction of sp³-hybridized carbons (Fsp3) is 0.350. The van der Waals surface area contributed by atoms with Crippen molar-refractivity contribution in [3.63, 3.8) is 0 Å². The van der Waals surface area contributed by atoms with Crippen molar-refractivity contribution in [1.29, 1.82) is 5.26 Å². The molecule has 1 atom stereocenters. The summed E-state index contributed by atoms with van der Waals surface area (Å²) in [6.45, 7) is 3.76. The van der Waals surface area contributed by atoms with Gasteiger partial charge in [-0.3, -0.25) is 9.69 Å². The number of piperazine rings is 1. The quantitative estimate of drug-likeness (QED) is 0.788. The van der Waals surface area contributed by atoms with Gasteiger partial charge in [-0.2, -0.15) is 18.4 Å². The Bertz CT molecular complexity index is 968. The van der Waals surface area contributed by atoms with Gasteiger partial charge in [-0.1, -0.05) is 17.7 Å². The first-order valence-electron chi connectivity index (χ1n) is 9.22. The number of halogens is 4. The summed E-state index contributed by atoms with van der Waals surface area (Å²) in [5, 5.41) is 11.7. The summed E-state index contributed by atoms with van der Waals surface area (Å²) >= 11 is 6.03. The zero-order chi connectivity index (χ0) is 21.9. The third-order valence-corrected chi connectivity index (χ3v) is 5.23. The molecule has 30 heavy (non-hydrogen) atoms. The summed E-state index contributed by atoms with van der Waals surface area (Å²) in [7, 11) is 0. The molecular formula is C20H19ClF3N5O. The zero-order valence-electron chi connectivity index (χ0n) is 16.1. The van der Waals surface area contributed by atoms with E-state index in [0.717, 1.165) is 12.3 Å². The maximum absolute atomic E-state index is 12.8. The van der Waals surface area contributed by atoms with Gasteiger partial charge in [0.05, 0.1) is 28.3 Å². The van der Waals surface area contributed by atoms with Crippen molar-refractivity contribution in [2.45, 2.75) is 19.1 Å². The molecule has 1 aliphatic rings. The van der Waals surface area contributed by atoms with Gasteiger partial charge in [0.2, 0.25) is 5.91 Å². The molecule has 1 unspecified atom stereocenters. The maximum Gasteiger partial charge on any atom is 0.417 e. The van der Waals surface area contributed by atoms with Crippen molar-refractivity contribution in [2.75, 3.05) is 36.4 Å². The summed E-state index contributed by atoms with van der Waals surface area (Å²) in [6.07, 6.45) is -3.72. The number of hydrogen-bond acceptors (Lipinski definition) is 5. The highest BCUT2D eigenvalue weighted by atomic mass is 35.5. The number of carbonyl (C=O) groups is 1. The van der Waals surface area contributed by atoms with Crippen LogP contribution >= 0.6 is 11.6 Å². The molecule has 2 aromatic rings. The lowest BCUT2D eigenvalue weighted by Crippen LogP contribution is -2.53. The summed E-state index contributed by atoms with van der Waals surface area (Å²) in [5.41, 5.74) is 0.112. The van der Waals surface area contributed by atoms with Crippen LogP contribution in [0.2, 0.25) is 5.02 Å². The third-order valence-electron chi connectivity index (χ3n) is 4.95. The molecule has 0 bridgehead atoms. The largest absolute Gasteiger partial charge is 0.417 e.